The Kier molecular flexibility index (Phi) is 5.67. The highest BCUT2D eigenvalue weighted by Crippen LogP contribution is 2.47. The molecule has 0 unspecified atom stereocenters. The number of aliphatic hydroxyl groups is 2. The summed E-state index contributed by atoms with van der Waals surface area (Å²) in [5.41, 5.74) is 4.77. The normalized spacial score (nSPS) is 30.6. The summed E-state index contributed by atoms with van der Waals surface area (Å²) < 4.78 is 11.7. The number of aliphatic hydroxyl groups excluding tert-OH is 1. The molecule has 0 saturated carbocycles. The maximum Gasteiger partial charge on any atom is 0.354 e. The van der Waals surface area contributed by atoms with Crippen molar-refractivity contribution in [1.82, 2.24) is 14.5 Å². The second-order valence-corrected chi connectivity index (χ2v) is 14.1. The minimum absolute atomic E-state index is 0.121. The summed E-state index contributed by atoms with van der Waals surface area (Å²) in [6.07, 6.45) is -1.56. The number of halogens is 1. The maximum absolute atomic E-state index is 12.2. The zero-order chi connectivity index (χ0) is 19.2. The number of nitrogens with two attached hydrogens (primary N) is 1. The zero-order valence-corrected chi connectivity index (χ0v) is 18.1. The monoisotopic (exact) mass is 484 g/mol. The van der Waals surface area contributed by atoms with Gasteiger partial charge in [0.25, 0.3) is 0 Å². The first-order valence-electron chi connectivity index (χ1n) is 7.87. The van der Waals surface area contributed by atoms with E-state index >= 15 is 0 Å². The van der Waals surface area contributed by atoms with Crippen LogP contribution < -0.4 is 11.4 Å². The van der Waals surface area contributed by atoms with Gasteiger partial charge < -0.3 is 25.1 Å². The van der Waals surface area contributed by atoms with Crippen molar-refractivity contribution in [1.29, 1.82) is 0 Å². The molecule has 1 aliphatic heterocycles. The number of rotatable bonds is 4. The van der Waals surface area contributed by atoms with E-state index in [4.69, 9.17) is 14.9 Å². The van der Waals surface area contributed by atoms with Gasteiger partial charge in [0.2, 0.25) is 5.95 Å². The Morgan fingerprint density at radius 1 is 1.52 bits per heavy atom. The third kappa shape index (κ3) is 3.90. The third-order valence-electron chi connectivity index (χ3n) is 4.83. The summed E-state index contributed by atoms with van der Waals surface area (Å²) in [6, 6.07) is 0. The van der Waals surface area contributed by atoms with E-state index in [9.17, 15) is 15.0 Å². The molecule has 25 heavy (non-hydrogen) atoms. The molecule has 142 valence electrons. The summed E-state index contributed by atoms with van der Waals surface area (Å²) in [6.45, 7) is 9.85. The van der Waals surface area contributed by atoms with Gasteiger partial charge in [-0.3, -0.25) is 4.57 Å². The Bertz CT molecular complexity index is 691. The summed E-state index contributed by atoms with van der Waals surface area (Å²) in [5, 5.41) is 20.4. The lowest BCUT2D eigenvalue weighted by molar-refractivity contribution is -0.0549. The minimum atomic E-state index is -2.31. The van der Waals surface area contributed by atoms with Crippen LogP contribution in [-0.2, 0) is 9.16 Å². The van der Waals surface area contributed by atoms with Crippen molar-refractivity contribution in [2.75, 3.05) is 12.3 Å². The van der Waals surface area contributed by atoms with Crippen molar-refractivity contribution in [3.8, 4) is 0 Å². The van der Waals surface area contributed by atoms with Crippen LogP contribution in [-0.4, -0.2) is 55.5 Å². The standard InChI is InChI=1S/C14H25IN4O5Si/c1-13(2,3)25(4,5)24-9-10(23-8(6-20)14(9,15)22)19-7-17-11(16)18-12(19)21/h7-10,20,22H,6H2,1-5H3,(H2,16,18,21)/t8-,9+,10-,14+/m1/s1. The molecule has 4 N–H and O–H groups in total. The predicted octanol–water partition coefficient (Wildman–Crippen LogP) is 0.624. The van der Waals surface area contributed by atoms with Gasteiger partial charge >= 0.3 is 5.69 Å². The lowest BCUT2D eigenvalue weighted by Crippen LogP contribution is -2.53. The molecule has 0 amide bonds. The van der Waals surface area contributed by atoms with Crippen molar-refractivity contribution in [3.05, 3.63) is 16.8 Å². The first kappa shape index (κ1) is 20.7. The fraction of sp³-hybridized carbons (Fsp3) is 0.786. The maximum atomic E-state index is 12.2. The summed E-state index contributed by atoms with van der Waals surface area (Å²) in [7, 11) is -2.31. The van der Waals surface area contributed by atoms with E-state index in [2.05, 4.69) is 30.7 Å². The largest absolute Gasteiger partial charge is 0.406 e. The van der Waals surface area contributed by atoms with Gasteiger partial charge in [0.1, 0.15) is 18.5 Å². The Morgan fingerprint density at radius 3 is 2.60 bits per heavy atom. The molecule has 1 fully saturated rings. The second kappa shape index (κ2) is 6.85. The molecule has 1 aromatic rings. The number of ether oxygens (including phenoxy) is 1. The number of nitrogen functional groups attached to an aromatic ring is 1. The van der Waals surface area contributed by atoms with Crippen LogP contribution in [0.15, 0.2) is 11.1 Å². The summed E-state index contributed by atoms with van der Waals surface area (Å²) in [5.74, 6) is -0.149. The van der Waals surface area contributed by atoms with Crippen LogP contribution in [0.5, 0.6) is 0 Å². The topological polar surface area (TPSA) is 133 Å². The van der Waals surface area contributed by atoms with Gasteiger partial charge in [-0.1, -0.05) is 20.8 Å². The number of aromatic nitrogens is 3. The van der Waals surface area contributed by atoms with Gasteiger partial charge in [-0.05, 0) is 40.7 Å². The summed E-state index contributed by atoms with van der Waals surface area (Å²) in [4.78, 5) is 19.6. The van der Waals surface area contributed by atoms with E-state index in [1.165, 1.54) is 6.33 Å². The Labute approximate surface area is 160 Å². The lowest BCUT2D eigenvalue weighted by Gasteiger charge is -2.41. The first-order valence-corrected chi connectivity index (χ1v) is 11.9. The van der Waals surface area contributed by atoms with Crippen molar-refractivity contribution in [2.24, 2.45) is 0 Å². The number of hydrogen-bond acceptors (Lipinski definition) is 8. The Hall–Kier alpha value is -0.603. The number of alkyl halides is 1. The third-order valence-corrected chi connectivity index (χ3v) is 10.6. The molecule has 0 aromatic carbocycles. The minimum Gasteiger partial charge on any atom is -0.406 e. The quantitative estimate of drug-likeness (QED) is 0.322. The van der Waals surface area contributed by atoms with Crippen LogP contribution in [0, 0.1) is 0 Å². The van der Waals surface area contributed by atoms with Gasteiger partial charge in [0.05, 0.1) is 6.61 Å². The summed E-state index contributed by atoms with van der Waals surface area (Å²) >= 11 is 1.81. The van der Waals surface area contributed by atoms with E-state index in [-0.39, 0.29) is 11.0 Å². The van der Waals surface area contributed by atoms with Crippen LogP contribution in [0.25, 0.3) is 0 Å². The SMILES string of the molecule is CC(C)(C)[Si](C)(C)O[C@H]1[C@H](n2cnc(N)nc2=O)O[C@H](CO)[C@@]1(O)I. The van der Waals surface area contributed by atoms with E-state index in [0.717, 1.165) is 4.57 Å². The highest BCUT2D eigenvalue weighted by Gasteiger charge is 2.58. The van der Waals surface area contributed by atoms with Crippen LogP contribution in [0.4, 0.5) is 5.95 Å². The van der Waals surface area contributed by atoms with Gasteiger partial charge in [0.15, 0.2) is 18.2 Å². The number of nitrogens with zero attached hydrogens (tertiary/aromatic N) is 3. The van der Waals surface area contributed by atoms with E-state index in [1.54, 1.807) is 22.6 Å². The Balaban J connectivity index is 2.48. The van der Waals surface area contributed by atoms with Gasteiger partial charge in [-0.15, -0.1) is 0 Å². The zero-order valence-electron chi connectivity index (χ0n) is 14.9. The highest BCUT2D eigenvalue weighted by atomic mass is 127. The van der Waals surface area contributed by atoms with Crippen LogP contribution in [0.2, 0.25) is 18.1 Å². The molecule has 0 spiro atoms. The van der Waals surface area contributed by atoms with Crippen molar-refractivity contribution >= 4 is 36.9 Å². The van der Waals surface area contributed by atoms with E-state index < -0.39 is 42.7 Å². The number of hydrogen-bond donors (Lipinski definition) is 3. The van der Waals surface area contributed by atoms with Crippen LogP contribution >= 0.6 is 22.6 Å². The van der Waals surface area contributed by atoms with Gasteiger partial charge in [-0.25, -0.2) is 9.78 Å². The fourth-order valence-electron chi connectivity index (χ4n) is 2.27. The molecule has 1 aliphatic rings. The molecule has 2 rings (SSSR count). The van der Waals surface area contributed by atoms with Crippen molar-refractivity contribution in [2.45, 2.75) is 60.9 Å². The molecule has 1 aromatic heterocycles. The average molecular weight is 484 g/mol. The molecular formula is C14H25IN4O5Si. The van der Waals surface area contributed by atoms with Crippen molar-refractivity contribution < 1.29 is 19.4 Å². The fourth-order valence-corrected chi connectivity index (χ4v) is 4.57. The molecule has 11 heteroatoms. The second-order valence-electron chi connectivity index (χ2n) is 7.63. The van der Waals surface area contributed by atoms with Crippen molar-refractivity contribution in [3.63, 3.8) is 0 Å². The molecular weight excluding hydrogens is 459 g/mol. The molecule has 0 aliphatic carbocycles. The molecule has 9 nitrogen and oxygen atoms in total. The molecule has 0 bridgehead atoms. The van der Waals surface area contributed by atoms with Crippen LogP contribution in [0.1, 0.15) is 27.0 Å². The van der Waals surface area contributed by atoms with Gasteiger partial charge in [0, 0.05) is 0 Å². The Morgan fingerprint density at radius 2 is 2.12 bits per heavy atom. The van der Waals surface area contributed by atoms with E-state index in [1.807, 2.05) is 13.1 Å². The van der Waals surface area contributed by atoms with Crippen LogP contribution in [0.3, 0.4) is 0 Å². The smallest absolute Gasteiger partial charge is 0.354 e. The lowest BCUT2D eigenvalue weighted by atomic mass is 10.1. The molecule has 0 radical (unpaired) electrons. The molecule has 2 heterocycles. The first-order chi connectivity index (χ1) is 11.3. The van der Waals surface area contributed by atoms with Gasteiger partial charge in [-0.2, -0.15) is 4.98 Å². The molecule has 1 saturated heterocycles. The highest BCUT2D eigenvalue weighted by molar-refractivity contribution is 14.1. The van der Waals surface area contributed by atoms with E-state index in [0.29, 0.717) is 0 Å². The average Bonchev–Trinajstić information content (AvgIpc) is 2.69. The molecule has 4 atom stereocenters. The predicted molar refractivity (Wildman–Crippen MR) is 103 cm³/mol. The number of anilines is 1.